The molecule has 0 N–H and O–H groups in total. The molecule has 6 rings (SSSR count). The number of aromatic nitrogens is 5. The summed E-state index contributed by atoms with van der Waals surface area (Å²) in [4.78, 5) is 19.1. The summed E-state index contributed by atoms with van der Waals surface area (Å²) in [7, 11) is -2.10. The van der Waals surface area contributed by atoms with Gasteiger partial charge in [-0.05, 0) is 95.1 Å². The van der Waals surface area contributed by atoms with Gasteiger partial charge in [-0.2, -0.15) is 15.5 Å². The lowest BCUT2D eigenvalue weighted by Gasteiger charge is -2.52. The minimum absolute atomic E-state index is 0.0312. The first kappa shape index (κ1) is 35.6. The van der Waals surface area contributed by atoms with Gasteiger partial charge in [0.2, 0.25) is 0 Å². The Balaban J connectivity index is 1.24. The molecule has 1 saturated heterocycles. The van der Waals surface area contributed by atoms with Crippen molar-refractivity contribution in [2.75, 3.05) is 19.7 Å². The number of carbonyl (C=O) groups is 1. The number of carbonyl (C=O) groups excluding carboxylic acids is 1. The molecular formula is C38H51N7O4Si. The number of pyridine rings is 2. The van der Waals surface area contributed by atoms with Crippen molar-refractivity contribution < 1.29 is 18.7 Å². The van der Waals surface area contributed by atoms with Crippen molar-refractivity contribution >= 4 is 19.9 Å². The Kier molecular flexibility index (Phi) is 9.37. The molecule has 1 unspecified atom stereocenters. The van der Waals surface area contributed by atoms with Gasteiger partial charge in [-0.15, -0.1) is 0 Å². The third kappa shape index (κ3) is 7.16. The van der Waals surface area contributed by atoms with Gasteiger partial charge in [0.05, 0.1) is 30.7 Å². The Bertz CT molecular complexity index is 1880. The van der Waals surface area contributed by atoms with Crippen LogP contribution in [0.25, 0.3) is 16.6 Å². The molecule has 0 radical (unpaired) electrons. The van der Waals surface area contributed by atoms with Crippen LogP contribution in [0.1, 0.15) is 96.3 Å². The first-order chi connectivity index (χ1) is 23.5. The predicted molar refractivity (Wildman–Crippen MR) is 194 cm³/mol. The van der Waals surface area contributed by atoms with Crippen molar-refractivity contribution in [1.82, 2.24) is 29.3 Å². The third-order valence-electron chi connectivity index (χ3n) is 10.9. The van der Waals surface area contributed by atoms with Gasteiger partial charge in [-0.1, -0.05) is 26.8 Å². The lowest BCUT2D eigenvalue weighted by atomic mass is 9.60. The lowest BCUT2D eigenvalue weighted by molar-refractivity contribution is -0.0262. The summed E-state index contributed by atoms with van der Waals surface area (Å²) < 4.78 is 22.9. The molecule has 4 aromatic rings. The molecule has 5 heterocycles. The molecule has 1 atom stereocenters. The van der Waals surface area contributed by atoms with Gasteiger partial charge >= 0.3 is 6.09 Å². The largest absolute Gasteiger partial charge is 0.479 e. The summed E-state index contributed by atoms with van der Waals surface area (Å²) in [5.41, 5.74) is 4.48. The predicted octanol–water partition coefficient (Wildman–Crippen LogP) is 8.27. The topological polar surface area (TPSA) is 120 Å². The van der Waals surface area contributed by atoms with Gasteiger partial charge in [0.25, 0.3) is 0 Å². The number of hydrogen-bond acceptors (Lipinski definition) is 8. The number of nitriles is 1. The van der Waals surface area contributed by atoms with Crippen LogP contribution in [0, 0.1) is 23.7 Å². The quantitative estimate of drug-likeness (QED) is 0.169. The Morgan fingerprint density at radius 3 is 2.44 bits per heavy atom. The van der Waals surface area contributed by atoms with Crippen LogP contribution in [0.2, 0.25) is 18.1 Å². The van der Waals surface area contributed by atoms with Gasteiger partial charge in [-0.25, -0.2) is 9.31 Å². The molecule has 0 bridgehead atoms. The molecule has 2 fully saturated rings. The number of hydrogen-bond donors (Lipinski definition) is 0. The molecule has 266 valence electrons. The average molecular weight is 698 g/mol. The van der Waals surface area contributed by atoms with Crippen molar-refractivity contribution in [1.29, 1.82) is 5.26 Å². The van der Waals surface area contributed by atoms with Crippen LogP contribution < -0.4 is 4.74 Å². The van der Waals surface area contributed by atoms with E-state index in [9.17, 15) is 10.1 Å². The highest BCUT2D eigenvalue weighted by Gasteiger charge is 2.48. The number of piperidine rings is 1. The Labute approximate surface area is 296 Å². The zero-order valence-electron chi connectivity index (χ0n) is 31.0. The van der Waals surface area contributed by atoms with Crippen LogP contribution in [-0.2, 0) is 9.16 Å². The third-order valence-corrected chi connectivity index (χ3v) is 15.4. The van der Waals surface area contributed by atoms with Crippen molar-refractivity contribution in [3.8, 4) is 22.9 Å². The molecule has 2 aliphatic rings. The number of nitrogens with zero attached hydrogens (tertiary/aromatic N) is 7. The molecule has 0 aromatic carbocycles. The van der Waals surface area contributed by atoms with E-state index in [-0.39, 0.29) is 16.5 Å². The second-order valence-electron chi connectivity index (χ2n) is 16.6. The lowest BCUT2D eigenvalue weighted by Crippen LogP contribution is -2.50. The van der Waals surface area contributed by atoms with Gasteiger partial charge in [0.1, 0.15) is 28.5 Å². The maximum Gasteiger partial charge on any atom is 0.410 e. The monoisotopic (exact) mass is 697 g/mol. The minimum atomic E-state index is -2.10. The van der Waals surface area contributed by atoms with E-state index in [2.05, 4.69) is 61.6 Å². The van der Waals surface area contributed by atoms with Crippen LogP contribution in [0.4, 0.5) is 4.79 Å². The van der Waals surface area contributed by atoms with Crippen LogP contribution in [-0.4, -0.2) is 69.0 Å². The second kappa shape index (κ2) is 13.2. The summed E-state index contributed by atoms with van der Waals surface area (Å²) in [5.74, 6) is 0.539. The van der Waals surface area contributed by atoms with Crippen molar-refractivity contribution in [3.05, 3.63) is 66.0 Å². The molecule has 12 heteroatoms. The molecule has 50 heavy (non-hydrogen) atoms. The Morgan fingerprint density at radius 1 is 1.10 bits per heavy atom. The second-order valence-corrected chi connectivity index (χ2v) is 21.4. The van der Waals surface area contributed by atoms with E-state index in [1.165, 1.54) is 0 Å². The summed E-state index contributed by atoms with van der Waals surface area (Å²) in [5, 5.41) is 19.4. The minimum Gasteiger partial charge on any atom is -0.479 e. The van der Waals surface area contributed by atoms with E-state index in [4.69, 9.17) is 19.0 Å². The molecule has 1 aliphatic heterocycles. The number of rotatable bonds is 8. The fourth-order valence-electron chi connectivity index (χ4n) is 6.89. The van der Waals surface area contributed by atoms with Crippen LogP contribution in [0.3, 0.4) is 0 Å². The van der Waals surface area contributed by atoms with E-state index in [1.54, 1.807) is 16.9 Å². The molecule has 1 aliphatic carbocycles. The first-order valence-corrected chi connectivity index (χ1v) is 20.6. The molecule has 1 saturated carbocycles. The van der Waals surface area contributed by atoms with E-state index >= 15 is 0 Å². The SMILES string of the molecule is Cc1c(-c2cc(OC(CO[Si](C)(C)C(C)(C)C)c3ccccn3)c3c(C#N)cnn3c2)cnn1C1CC2(CCN(C(=O)OC(C)(C)C)CC2)C1. The van der Waals surface area contributed by atoms with Crippen molar-refractivity contribution in [3.63, 3.8) is 0 Å². The van der Waals surface area contributed by atoms with Crippen LogP contribution in [0.15, 0.2) is 49.1 Å². The highest BCUT2D eigenvalue weighted by atomic mass is 28.4. The number of likely N-dealkylation sites (tertiary alicyclic amines) is 1. The average Bonchev–Trinajstić information content (AvgIpc) is 3.64. The van der Waals surface area contributed by atoms with Crippen LogP contribution in [0.5, 0.6) is 5.75 Å². The van der Waals surface area contributed by atoms with Crippen LogP contribution >= 0.6 is 0 Å². The smallest absolute Gasteiger partial charge is 0.410 e. The molecule has 1 amide bonds. The zero-order chi connectivity index (χ0) is 36.1. The van der Waals surface area contributed by atoms with E-state index in [0.29, 0.717) is 29.5 Å². The van der Waals surface area contributed by atoms with E-state index in [0.717, 1.165) is 61.3 Å². The maximum atomic E-state index is 12.6. The standard InChI is InChI=1S/C38H51N7O4Si/c1-26-30(23-42-45(26)29-19-38(20-29)13-16-43(17-14-38)35(46)49-36(2,3)4)27-18-32(34-28(21-39)22-41-44(34)24-27)48-33(31-12-10-11-15-40-31)25-47-50(8,9)37(5,6)7/h10-12,15,18,22-24,29,33H,13-14,16-17,19-20,25H2,1-9H3. The fraction of sp³-hybridized carbons (Fsp3) is 0.553. The first-order valence-electron chi connectivity index (χ1n) is 17.6. The summed E-state index contributed by atoms with van der Waals surface area (Å²) in [6, 6.07) is 10.4. The van der Waals surface area contributed by atoms with E-state index < -0.39 is 20.0 Å². The number of ether oxygens (including phenoxy) is 2. The van der Waals surface area contributed by atoms with E-state index in [1.807, 2.05) is 62.3 Å². The molecule has 4 aromatic heterocycles. The summed E-state index contributed by atoms with van der Waals surface area (Å²) in [6.45, 7) is 20.7. The van der Waals surface area contributed by atoms with Gasteiger partial charge < -0.3 is 18.8 Å². The van der Waals surface area contributed by atoms with Gasteiger partial charge in [0, 0.05) is 42.3 Å². The van der Waals surface area contributed by atoms with Gasteiger partial charge in [-0.3, -0.25) is 9.67 Å². The fourth-order valence-corrected chi connectivity index (χ4v) is 7.89. The van der Waals surface area contributed by atoms with Crippen molar-refractivity contribution in [2.24, 2.45) is 5.41 Å². The zero-order valence-corrected chi connectivity index (χ0v) is 32.0. The molecule has 11 nitrogen and oxygen atoms in total. The Morgan fingerprint density at radius 2 is 1.82 bits per heavy atom. The highest BCUT2D eigenvalue weighted by molar-refractivity contribution is 6.74. The molecular weight excluding hydrogens is 647 g/mol. The maximum absolute atomic E-state index is 12.6. The Hall–Kier alpha value is -4.21. The summed E-state index contributed by atoms with van der Waals surface area (Å²) >= 11 is 0. The molecule has 1 spiro atoms. The normalized spacial score (nSPS) is 17.4. The number of fused-ring (bicyclic) bond motifs is 1. The summed E-state index contributed by atoms with van der Waals surface area (Å²) in [6.07, 6.45) is 10.5. The van der Waals surface area contributed by atoms with Crippen molar-refractivity contribution in [2.45, 2.75) is 110 Å². The van der Waals surface area contributed by atoms with Gasteiger partial charge in [0.15, 0.2) is 14.4 Å². The highest BCUT2D eigenvalue weighted by Crippen LogP contribution is 2.55. The number of amides is 1.